The molecule has 2 aromatic carbocycles. The van der Waals surface area contributed by atoms with E-state index in [1.54, 1.807) is 0 Å². The lowest BCUT2D eigenvalue weighted by Gasteiger charge is -2.16. The van der Waals surface area contributed by atoms with Crippen LogP contribution < -0.4 is 14.8 Å². The molecule has 0 saturated carbocycles. The van der Waals surface area contributed by atoms with Gasteiger partial charge in [0.25, 0.3) is 11.8 Å². The minimum absolute atomic E-state index is 0.268. The minimum Gasteiger partial charge on any atom is -0.492 e. The first kappa shape index (κ1) is 13.4. The fourth-order valence-corrected chi connectivity index (χ4v) is 2.63. The van der Waals surface area contributed by atoms with Gasteiger partial charge in [-0.3, -0.25) is 14.9 Å². The normalized spacial score (nSPS) is 13.2. The average Bonchev–Trinajstić information content (AvgIpc) is 2.77. The molecular weight excluding hydrogens is 270 g/mol. The maximum absolute atomic E-state index is 12.1. The van der Waals surface area contributed by atoms with E-state index >= 15 is 0 Å². The maximum atomic E-state index is 12.1. The fraction of sp³-hybridized carbons (Fsp3) is 0.250. The molecule has 2 aromatic rings. The van der Waals surface area contributed by atoms with Crippen LogP contribution in [0.3, 0.4) is 0 Å². The van der Waals surface area contributed by atoms with E-state index in [-0.39, 0.29) is 11.1 Å². The highest BCUT2D eigenvalue weighted by Crippen LogP contribution is 2.42. The first-order valence-corrected chi connectivity index (χ1v) is 6.89. The zero-order chi connectivity index (χ0) is 15.0. The van der Waals surface area contributed by atoms with E-state index in [0.29, 0.717) is 24.7 Å². The molecule has 0 bridgehead atoms. The second-order valence-corrected chi connectivity index (χ2v) is 4.60. The number of hydrogen-bond donors (Lipinski definition) is 1. The third-order valence-corrected chi connectivity index (χ3v) is 3.38. The summed E-state index contributed by atoms with van der Waals surface area (Å²) in [7, 11) is 0. The van der Waals surface area contributed by atoms with Gasteiger partial charge in [-0.2, -0.15) is 0 Å². The molecule has 1 heterocycles. The lowest BCUT2D eigenvalue weighted by molar-refractivity contribution is 0.0878. The van der Waals surface area contributed by atoms with Crippen LogP contribution in [0, 0.1) is 0 Å². The Morgan fingerprint density at radius 3 is 1.67 bits per heavy atom. The standard InChI is InChI=1S/C16H15NO4/c1-3-20-13-9-7-5-6-8-10(9)14(21-4-2)12-11(13)15(18)17-16(12)19/h5-8H,3-4H2,1-2H3,(H,17,18,19). The zero-order valence-corrected chi connectivity index (χ0v) is 11.9. The van der Waals surface area contributed by atoms with Crippen molar-refractivity contribution in [2.24, 2.45) is 0 Å². The molecule has 5 heteroatoms. The third-order valence-electron chi connectivity index (χ3n) is 3.38. The van der Waals surface area contributed by atoms with Gasteiger partial charge in [0.05, 0.1) is 24.3 Å². The van der Waals surface area contributed by atoms with Crippen LogP contribution in [0.15, 0.2) is 24.3 Å². The average molecular weight is 285 g/mol. The van der Waals surface area contributed by atoms with Crippen LogP contribution in [-0.2, 0) is 0 Å². The quantitative estimate of drug-likeness (QED) is 0.877. The molecule has 0 aliphatic carbocycles. The van der Waals surface area contributed by atoms with Crippen molar-refractivity contribution in [2.45, 2.75) is 13.8 Å². The molecular formula is C16H15NO4. The van der Waals surface area contributed by atoms with E-state index in [1.165, 1.54) is 0 Å². The SMILES string of the molecule is CCOc1c2c(c(OCC)c3ccccc13)C(=O)NC2=O. The first-order chi connectivity index (χ1) is 10.2. The molecule has 1 N–H and O–H groups in total. The summed E-state index contributed by atoms with van der Waals surface area (Å²) in [4.78, 5) is 24.2. The summed E-state index contributed by atoms with van der Waals surface area (Å²) in [6.45, 7) is 4.50. The van der Waals surface area contributed by atoms with Crippen LogP contribution in [0.25, 0.3) is 10.8 Å². The van der Waals surface area contributed by atoms with Gasteiger partial charge in [0.1, 0.15) is 11.5 Å². The van der Waals surface area contributed by atoms with Gasteiger partial charge < -0.3 is 9.47 Å². The molecule has 5 nitrogen and oxygen atoms in total. The van der Waals surface area contributed by atoms with Gasteiger partial charge in [-0.1, -0.05) is 24.3 Å². The van der Waals surface area contributed by atoms with Crippen LogP contribution in [-0.4, -0.2) is 25.0 Å². The Hall–Kier alpha value is -2.56. The largest absolute Gasteiger partial charge is 0.492 e. The Kier molecular flexibility index (Phi) is 3.25. The highest BCUT2D eigenvalue weighted by atomic mass is 16.5. The summed E-state index contributed by atoms with van der Waals surface area (Å²) in [5.41, 5.74) is 0.535. The highest BCUT2D eigenvalue weighted by Gasteiger charge is 2.36. The molecule has 0 saturated heterocycles. The van der Waals surface area contributed by atoms with Crippen molar-refractivity contribution in [2.75, 3.05) is 13.2 Å². The van der Waals surface area contributed by atoms with Crippen molar-refractivity contribution >= 4 is 22.6 Å². The smallest absolute Gasteiger partial charge is 0.262 e. The Labute approximate surface area is 121 Å². The van der Waals surface area contributed by atoms with Gasteiger partial charge >= 0.3 is 0 Å². The molecule has 0 unspecified atom stereocenters. The van der Waals surface area contributed by atoms with Crippen molar-refractivity contribution in [3.8, 4) is 11.5 Å². The number of nitrogens with one attached hydrogen (secondary N) is 1. The van der Waals surface area contributed by atoms with Gasteiger partial charge in [0, 0.05) is 10.8 Å². The molecule has 21 heavy (non-hydrogen) atoms. The molecule has 0 fully saturated rings. The van der Waals surface area contributed by atoms with Crippen LogP contribution >= 0.6 is 0 Å². The summed E-state index contributed by atoms with van der Waals surface area (Å²) in [5.74, 6) is 0.000110. The zero-order valence-electron chi connectivity index (χ0n) is 11.9. The van der Waals surface area contributed by atoms with E-state index in [2.05, 4.69) is 5.32 Å². The van der Waals surface area contributed by atoms with Crippen LogP contribution in [0.2, 0.25) is 0 Å². The van der Waals surface area contributed by atoms with Crippen LogP contribution in [0.4, 0.5) is 0 Å². The number of fused-ring (bicyclic) bond motifs is 2. The van der Waals surface area contributed by atoms with Gasteiger partial charge in [-0.15, -0.1) is 0 Å². The molecule has 0 aromatic heterocycles. The highest BCUT2D eigenvalue weighted by molar-refractivity contribution is 6.27. The monoisotopic (exact) mass is 285 g/mol. The van der Waals surface area contributed by atoms with E-state index in [9.17, 15) is 9.59 Å². The van der Waals surface area contributed by atoms with E-state index in [0.717, 1.165) is 10.8 Å². The van der Waals surface area contributed by atoms with Crippen molar-refractivity contribution in [1.82, 2.24) is 5.32 Å². The van der Waals surface area contributed by atoms with Gasteiger partial charge in [0.15, 0.2) is 0 Å². The van der Waals surface area contributed by atoms with Crippen LogP contribution in [0.5, 0.6) is 11.5 Å². The van der Waals surface area contributed by atoms with E-state index in [4.69, 9.17) is 9.47 Å². The molecule has 0 spiro atoms. The van der Waals surface area contributed by atoms with Crippen molar-refractivity contribution in [3.63, 3.8) is 0 Å². The molecule has 0 radical (unpaired) electrons. The molecule has 0 atom stereocenters. The number of hydrogen-bond acceptors (Lipinski definition) is 4. The van der Waals surface area contributed by atoms with Crippen molar-refractivity contribution in [3.05, 3.63) is 35.4 Å². The lowest BCUT2D eigenvalue weighted by atomic mass is 9.99. The Balaban J connectivity index is 2.45. The number of rotatable bonds is 4. The van der Waals surface area contributed by atoms with Gasteiger partial charge in [0.2, 0.25) is 0 Å². The summed E-state index contributed by atoms with van der Waals surface area (Å²) in [5, 5.41) is 3.86. The van der Waals surface area contributed by atoms with E-state index < -0.39 is 11.8 Å². The summed E-state index contributed by atoms with van der Waals surface area (Å²) in [6, 6.07) is 7.45. The van der Waals surface area contributed by atoms with Crippen molar-refractivity contribution in [1.29, 1.82) is 0 Å². The third kappa shape index (κ3) is 1.93. The summed E-state index contributed by atoms with van der Waals surface area (Å²) < 4.78 is 11.3. The number of carbonyl (C=O) groups excluding carboxylic acids is 2. The Morgan fingerprint density at radius 1 is 0.857 bits per heavy atom. The number of ether oxygens (including phenoxy) is 2. The molecule has 1 aliphatic heterocycles. The fourth-order valence-electron chi connectivity index (χ4n) is 2.63. The molecule has 108 valence electrons. The molecule has 3 rings (SSSR count). The number of benzene rings is 2. The Bertz CT molecular complexity index is 689. The van der Waals surface area contributed by atoms with Gasteiger partial charge in [-0.25, -0.2) is 0 Å². The predicted molar refractivity (Wildman–Crippen MR) is 78.1 cm³/mol. The second kappa shape index (κ2) is 5.09. The van der Waals surface area contributed by atoms with Gasteiger partial charge in [-0.05, 0) is 13.8 Å². The van der Waals surface area contributed by atoms with E-state index in [1.807, 2.05) is 38.1 Å². The number of amides is 2. The summed E-state index contributed by atoms with van der Waals surface area (Å²) in [6.07, 6.45) is 0. The van der Waals surface area contributed by atoms with Crippen molar-refractivity contribution < 1.29 is 19.1 Å². The Morgan fingerprint density at radius 2 is 1.29 bits per heavy atom. The second-order valence-electron chi connectivity index (χ2n) is 4.60. The first-order valence-electron chi connectivity index (χ1n) is 6.89. The number of carbonyl (C=O) groups is 2. The topological polar surface area (TPSA) is 64.6 Å². The molecule has 2 amide bonds. The lowest BCUT2D eigenvalue weighted by Crippen LogP contribution is -2.20. The predicted octanol–water partition coefficient (Wildman–Crippen LogP) is 2.52. The number of imide groups is 1. The summed E-state index contributed by atoms with van der Waals surface area (Å²) >= 11 is 0. The maximum Gasteiger partial charge on any atom is 0.262 e. The molecule has 1 aliphatic rings. The minimum atomic E-state index is -0.440. The van der Waals surface area contributed by atoms with Crippen LogP contribution in [0.1, 0.15) is 34.6 Å².